The average molecular weight is 396 g/mol. The van der Waals surface area contributed by atoms with Crippen LogP contribution in [0.3, 0.4) is 0 Å². The Kier molecular flexibility index (Phi) is 5.58. The van der Waals surface area contributed by atoms with E-state index in [1.807, 2.05) is 18.2 Å². The van der Waals surface area contributed by atoms with Gasteiger partial charge in [0, 0.05) is 28.7 Å². The predicted molar refractivity (Wildman–Crippen MR) is 110 cm³/mol. The molecule has 1 fully saturated rings. The Balaban J connectivity index is 1.48. The van der Waals surface area contributed by atoms with Gasteiger partial charge in [0.1, 0.15) is 0 Å². The van der Waals surface area contributed by atoms with Gasteiger partial charge in [0.25, 0.3) is 0 Å². The molecule has 144 valence electrons. The molecule has 1 aliphatic rings. The van der Waals surface area contributed by atoms with Crippen LogP contribution in [0.5, 0.6) is 0 Å². The molecule has 0 atom stereocenters. The fourth-order valence-electron chi connectivity index (χ4n) is 3.61. The summed E-state index contributed by atoms with van der Waals surface area (Å²) in [6.07, 6.45) is 8.32. The number of halogens is 1. The van der Waals surface area contributed by atoms with Crippen molar-refractivity contribution in [1.82, 2.24) is 20.1 Å². The standard InChI is InChI=1S/C21H22ClN5O/c22-16-4-3-5-17(12-16)25-21(28)24-14-18-13-20(15-8-10-23-11-9-15)27(26-18)19-6-1-2-7-19/h3-5,8-13,19H,1-2,6-7,14H2,(H2,24,25,28). The molecular formula is C21H22ClN5O. The van der Waals surface area contributed by atoms with Crippen molar-refractivity contribution in [3.05, 3.63) is 65.6 Å². The number of anilines is 1. The number of pyridine rings is 1. The molecule has 3 aromatic rings. The average Bonchev–Trinajstić information content (AvgIpc) is 3.37. The first-order valence-corrected chi connectivity index (χ1v) is 9.86. The van der Waals surface area contributed by atoms with Crippen LogP contribution in [-0.4, -0.2) is 20.8 Å². The molecule has 0 spiro atoms. The molecule has 0 saturated heterocycles. The number of hydrogen-bond donors (Lipinski definition) is 2. The molecule has 2 aromatic heterocycles. The van der Waals surface area contributed by atoms with Gasteiger partial charge in [-0.25, -0.2) is 4.79 Å². The normalized spacial score (nSPS) is 14.2. The van der Waals surface area contributed by atoms with Crippen LogP contribution in [-0.2, 0) is 6.54 Å². The van der Waals surface area contributed by atoms with Crippen molar-refractivity contribution in [3.8, 4) is 11.3 Å². The fourth-order valence-corrected chi connectivity index (χ4v) is 3.80. The van der Waals surface area contributed by atoms with E-state index in [-0.39, 0.29) is 6.03 Å². The first-order chi connectivity index (χ1) is 13.7. The van der Waals surface area contributed by atoms with E-state index in [1.165, 1.54) is 12.8 Å². The summed E-state index contributed by atoms with van der Waals surface area (Å²) in [6, 6.07) is 13.2. The van der Waals surface area contributed by atoms with Gasteiger partial charge in [-0.2, -0.15) is 5.10 Å². The zero-order valence-corrected chi connectivity index (χ0v) is 16.2. The Labute approximate surface area is 168 Å². The first kappa shape index (κ1) is 18.5. The van der Waals surface area contributed by atoms with Crippen LogP contribution in [0.15, 0.2) is 54.9 Å². The van der Waals surface area contributed by atoms with E-state index in [2.05, 4.69) is 20.3 Å². The monoisotopic (exact) mass is 395 g/mol. The minimum absolute atomic E-state index is 0.289. The maximum atomic E-state index is 12.2. The number of rotatable bonds is 5. The molecule has 2 amide bonds. The van der Waals surface area contributed by atoms with Gasteiger partial charge in [-0.1, -0.05) is 30.5 Å². The number of urea groups is 1. The second kappa shape index (κ2) is 8.44. The molecule has 2 N–H and O–H groups in total. The minimum Gasteiger partial charge on any atom is -0.332 e. The third-order valence-corrected chi connectivity index (χ3v) is 5.18. The predicted octanol–water partition coefficient (Wildman–Crippen LogP) is 5.04. The van der Waals surface area contributed by atoms with Gasteiger partial charge in [0.2, 0.25) is 0 Å². The molecule has 1 aliphatic carbocycles. The Morgan fingerprint density at radius 3 is 2.68 bits per heavy atom. The maximum absolute atomic E-state index is 12.2. The van der Waals surface area contributed by atoms with E-state index in [9.17, 15) is 4.79 Å². The van der Waals surface area contributed by atoms with Crippen molar-refractivity contribution >= 4 is 23.3 Å². The number of carbonyl (C=O) groups is 1. The molecule has 7 heteroatoms. The molecule has 0 aliphatic heterocycles. The molecule has 28 heavy (non-hydrogen) atoms. The number of carbonyl (C=O) groups excluding carboxylic acids is 1. The lowest BCUT2D eigenvalue weighted by Gasteiger charge is -2.14. The summed E-state index contributed by atoms with van der Waals surface area (Å²) >= 11 is 5.95. The van der Waals surface area contributed by atoms with Crippen LogP contribution in [0.25, 0.3) is 11.3 Å². The van der Waals surface area contributed by atoms with Crippen molar-refractivity contribution in [2.75, 3.05) is 5.32 Å². The fraction of sp³-hybridized carbons (Fsp3) is 0.286. The zero-order valence-electron chi connectivity index (χ0n) is 15.4. The second-order valence-corrected chi connectivity index (χ2v) is 7.39. The summed E-state index contributed by atoms with van der Waals surface area (Å²) in [5.74, 6) is 0. The molecular weight excluding hydrogens is 374 g/mol. The third kappa shape index (κ3) is 4.34. The number of nitrogens with zero attached hydrogens (tertiary/aromatic N) is 3. The highest BCUT2D eigenvalue weighted by molar-refractivity contribution is 6.30. The summed E-state index contributed by atoms with van der Waals surface area (Å²) in [7, 11) is 0. The lowest BCUT2D eigenvalue weighted by atomic mass is 10.1. The van der Waals surface area contributed by atoms with Crippen molar-refractivity contribution in [2.24, 2.45) is 0 Å². The minimum atomic E-state index is -0.289. The molecule has 1 aromatic carbocycles. The zero-order chi connectivity index (χ0) is 19.3. The van der Waals surface area contributed by atoms with E-state index < -0.39 is 0 Å². The topological polar surface area (TPSA) is 71.8 Å². The first-order valence-electron chi connectivity index (χ1n) is 9.48. The Hall–Kier alpha value is -2.86. The van der Waals surface area contributed by atoms with E-state index in [0.717, 1.165) is 29.8 Å². The van der Waals surface area contributed by atoms with Gasteiger partial charge >= 0.3 is 6.03 Å². The van der Waals surface area contributed by atoms with Gasteiger partial charge in [-0.15, -0.1) is 0 Å². The van der Waals surface area contributed by atoms with Crippen LogP contribution < -0.4 is 10.6 Å². The molecule has 6 nitrogen and oxygen atoms in total. The van der Waals surface area contributed by atoms with Gasteiger partial charge in [-0.3, -0.25) is 9.67 Å². The quantitative estimate of drug-likeness (QED) is 0.636. The SMILES string of the molecule is O=C(NCc1cc(-c2ccncc2)n(C2CCCC2)n1)Nc1cccc(Cl)c1. The molecule has 2 heterocycles. The van der Waals surface area contributed by atoms with E-state index >= 15 is 0 Å². The molecule has 0 bridgehead atoms. The number of aromatic nitrogens is 3. The highest BCUT2D eigenvalue weighted by Gasteiger charge is 2.22. The summed E-state index contributed by atoms with van der Waals surface area (Å²) in [6.45, 7) is 0.351. The maximum Gasteiger partial charge on any atom is 0.319 e. The Morgan fingerprint density at radius 2 is 1.93 bits per heavy atom. The number of amides is 2. The smallest absolute Gasteiger partial charge is 0.319 e. The van der Waals surface area contributed by atoms with Gasteiger partial charge in [0.05, 0.1) is 24.0 Å². The lowest BCUT2D eigenvalue weighted by molar-refractivity contribution is 0.251. The Bertz CT molecular complexity index is 950. The van der Waals surface area contributed by atoms with Crippen LogP contribution >= 0.6 is 11.6 Å². The number of nitrogens with one attached hydrogen (secondary N) is 2. The highest BCUT2D eigenvalue weighted by Crippen LogP contribution is 2.33. The molecule has 0 unspecified atom stereocenters. The molecule has 0 radical (unpaired) electrons. The second-order valence-electron chi connectivity index (χ2n) is 6.96. The number of hydrogen-bond acceptors (Lipinski definition) is 3. The number of benzene rings is 1. The van der Waals surface area contributed by atoms with Crippen molar-refractivity contribution in [3.63, 3.8) is 0 Å². The molecule has 1 saturated carbocycles. The van der Waals surface area contributed by atoms with Crippen molar-refractivity contribution in [1.29, 1.82) is 0 Å². The highest BCUT2D eigenvalue weighted by atomic mass is 35.5. The van der Waals surface area contributed by atoms with E-state index in [0.29, 0.717) is 23.3 Å². The van der Waals surface area contributed by atoms with Gasteiger partial charge < -0.3 is 10.6 Å². The van der Waals surface area contributed by atoms with E-state index in [1.54, 1.807) is 36.7 Å². The lowest BCUT2D eigenvalue weighted by Crippen LogP contribution is -2.28. The largest absolute Gasteiger partial charge is 0.332 e. The summed E-state index contributed by atoms with van der Waals surface area (Å²) < 4.78 is 2.12. The van der Waals surface area contributed by atoms with Crippen molar-refractivity contribution in [2.45, 2.75) is 38.3 Å². The molecule has 4 rings (SSSR count). The third-order valence-electron chi connectivity index (χ3n) is 4.95. The van der Waals surface area contributed by atoms with Gasteiger partial charge in [0.15, 0.2) is 0 Å². The van der Waals surface area contributed by atoms with Crippen LogP contribution in [0, 0.1) is 0 Å². The Morgan fingerprint density at radius 1 is 1.14 bits per heavy atom. The summed E-state index contributed by atoms with van der Waals surface area (Å²) in [4.78, 5) is 16.3. The summed E-state index contributed by atoms with van der Waals surface area (Å²) in [5, 5.41) is 11.0. The summed E-state index contributed by atoms with van der Waals surface area (Å²) in [5.41, 5.74) is 3.64. The van der Waals surface area contributed by atoms with Gasteiger partial charge in [-0.05, 0) is 49.2 Å². The van der Waals surface area contributed by atoms with Crippen LogP contribution in [0.4, 0.5) is 10.5 Å². The van der Waals surface area contributed by atoms with Crippen molar-refractivity contribution < 1.29 is 4.79 Å². The van der Waals surface area contributed by atoms with E-state index in [4.69, 9.17) is 16.7 Å². The van der Waals surface area contributed by atoms with Crippen LogP contribution in [0.2, 0.25) is 5.02 Å². The van der Waals surface area contributed by atoms with Crippen LogP contribution in [0.1, 0.15) is 37.4 Å².